The van der Waals surface area contributed by atoms with E-state index in [9.17, 15) is 4.79 Å². The highest BCUT2D eigenvalue weighted by molar-refractivity contribution is 5.70. The topological polar surface area (TPSA) is 75.1 Å². The maximum Gasteiger partial charge on any atom is 0.308 e. The number of carboxylic acids is 1. The van der Waals surface area contributed by atoms with Crippen LogP contribution in [0.25, 0.3) is 0 Å². The summed E-state index contributed by atoms with van der Waals surface area (Å²) in [5.74, 6) is -0.840. The van der Waals surface area contributed by atoms with Crippen molar-refractivity contribution >= 4 is 11.9 Å². The van der Waals surface area contributed by atoms with E-state index < -0.39 is 11.9 Å². The Morgan fingerprint density at radius 3 is 2.73 bits per heavy atom. The lowest BCUT2D eigenvalue weighted by atomic mass is 10.0. The van der Waals surface area contributed by atoms with Crippen LogP contribution >= 0.6 is 0 Å². The normalized spacial score (nSPS) is 14.3. The van der Waals surface area contributed by atoms with Gasteiger partial charge in [0.2, 0.25) is 5.95 Å². The van der Waals surface area contributed by atoms with Gasteiger partial charge in [-0.05, 0) is 26.8 Å². The van der Waals surface area contributed by atoms with Gasteiger partial charge in [0, 0.05) is 17.9 Å². The third kappa shape index (κ3) is 3.19. The van der Waals surface area contributed by atoms with Crippen molar-refractivity contribution in [2.75, 3.05) is 5.32 Å². The van der Waals surface area contributed by atoms with Crippen LogP contribution < -0.4 is 5.32 Å². The van der Waals surface area contributed by atoms with Gasteiger partial charge in [-0.15, -0.1) is 0 Å². The molecule has 0 aromatic carbocycles. The van der Waals surface area contributed by atoms with E-state index in [1.54, 1.807) is 26.1 Å². The molecule has 0 aliphatic carbocycles. The SMILES string of the molecule is Cc1ccnc(NC(C)C(C)C(=O)O)n1. The fourth-order valence-electron chi connectivity index (χ4n) is 1.06. The molecule has 0 radical (unpaired) electrons. The number of hydrogen-bond donors (Lipinski definition) is 2. The number of aromatic nitrogens is 2. The Bertz CT molecular complexity index is 354. The van der Waals surface area contributed by atoms with Crippen LogP contribution in [0.2, 0.25) is 0 Å². The Labute approximate surface area is 88.6 Å². The maximum atomic E-state index is 10.7. The summed E-state index contributed by atoms with van der Waals surface area (Å²) in [4.78, 5) is 18.9. The smallest absolute Gasteiger partial charge is 0.308 e. The zero-order valence-corrected chi connectivity index (χ0v) is 9.06. The van der Waals surface area contributed by atoms with E-state index in [0.717, 1.165) is 5.69 Å². The lowest BCUT2D eigenvalue weighted by Gasteiger charge is -2.17. The molecule has 0 amide bonds. The summed E-state index contributed by atoms with van der Waals surface area (Å²) in [6.07, 6.45) is 1.64. The van der Waals surface area contributed by atoms with E-state index in [0.29, 0.717) is 5.95 Å². The largest absolute Gasteiger partial charge is 0.481 e. The highest BCUT2D eigenvalue weighted by atomic mass is 16.4. The molecule has 0 bridgehead atoms. The van der Waals surface area contributed by atoms with Gasteiger partial charge < -0.3 is 10.4 Å². The zero-order chi connectivity index (χ0) is 11.4. The molecule has 1 aromatic rings. The molecular weight excluding hydrogens is 194 g/mol. The molecule has 0 saturated heterocycles. The Kier molecular flexibility index (Phi) is 3.60. The van der Waals surface area contributed by atoms with Gasteiger partial charge >= 0.3 is 5.97 Å². The lowest BCUT2D eigenvalue weighted by molar-refractivity contribution is -0.141. The van der Waals surface area contributed by atoms with E-state index in [-0.39, 0.29) is 6.04 Å². The molecule has 1 aromatic heterocycles. The van der Waals surface area contributed by atoms with Crippen LogP contribution in [-0.2, 0) is 4.79 Å². The third-order valence-electron chi connectivity index (χ3n) is 2.29. The summed E-state index contributed by atoms with van der Waals surface area (Å²) in [6.45, 7) is 5.30. The van der Waals surface area contributed by atoms with Crippen LogP contribution in [0.1, 0.15) is 19.5 Å². The summed E-state index contributed by atoms with van der Waals surface area (Å²) in [6, 6.07) is 1.58. The standard InChI is InChI=1S/C10H15N3O2/c1-6-4-5-11-10(12-6)13-8(3)7(2)9(14)15/h4-5,7-8H,1-3H3,(H,14,15)(H,11,12,13). The first kappa shape index (κ1) is 11.4. The van der Waals surface area contributed by atoms with Crippen molar-refractivity contribution in [3.63, 3.8) is 0 Å². The second kappa shape index (κ2) is 4.72. The van der Waals surface area contributed by atoms with Crippen molar-refractivity contribution in [3.05, 3.63) is 18.0 Å². The first-order valence-electron chi connectivity index (χ1n) is 4.79. The Morgan fingerprint density at radius 1 is 1.53 bits per heavy atom. The molecule has 0 saturated carbocycles. The zero-order valence-electron chi connectivity index (χ0n) is 9.06. The predicted octanol–water partition coefficient (Wildman–Crippen LogP) is 1.31. The molecule has 0 aliphatic heterocycles. The summed E-state index contributed by atoms with van der Waals surface area (Å²) in [5.41, 5.74) is 0.850. The Morgan fingerprint density at radius 2 is 2.20 bits per heavy atom. The van der Waals surface area contributed by atoms with Gasteiger partial charge in [-0.1, -0.05) is 0 Å². The highest BCUT2D eigenvalue weighted by Gasteiger charge is 2.19. The summed E-state index contributed by atoms with van der Waals surface area (Å²) < 4.78 is 0. The van der Waals surface area contributed by atoms with Gasteiger partial charge in [0.15, 0.2) is 0 Å². The monoisotopic (exact) mass is 209 g/mol. The van der Waals surface area contributed by atoms with Gasteiger partial charge in [-0.2, -0.15) is 0 Å². The third-order valence-corrected chi connectivity index (χ3v) is 2.29. The minimum absolute atomic E-state index is 0.204. The van der Waals surface area contributed by atoms with Crippen LogP contribution in [-0.4, -0.2) is 27.1 Å². The second-order valence-corrected chi connectivity index (χ2v) is 3.58. The fraction of sp³-hybridized carbons (Fsp3) is 0.500. The molecule has 2 atom stereocenters. The average molecular weight is 209 g/mol. The van der Waals surface area contributed by atoms with Gasteiger partial charge in [0.25, 0.3) is 0 Å². The average Bonchev–Trinajstić information content (AvgIpc) is 2.16. The van der Waals surface area contributed by atoms with Crippen LogP contribution in [0, 0.1) is 12.8 Å². The number of aryl methyl sites for hydroxylation is 1. The van der Waals surface area contributed by atoms with E-state index in [1.807, 2.05) is 6.92 Å². The first-order valence-corrected chi connectivity index (χ1v) is 4.79. The molecule has 5 nitrogen and oxygen atoms in total. The number of hydrogen-bond acceptors (Lipinski definition) is 4. The van der Waals surface area contributed by atoms with Gasteiger partial charge in [0.1, 0.15) is 0 Å². The maximum absolute atomic E-state index is 10.7. The number of nitrogens with one attached hydrogen (secondary N) is 1. The first-order chi connectivity index (χ1) is 7.00. The van der Waals surface area contributed by atoms with Crippen molar-refractivity contribution in [2.45, 2.75) is 26.8 Å². The number of carboxylic acid groups (broad SMARTS) is 1. The highest BCUT2D eigenvalue weighted by Crippen LogP contribution is 2.08. The van der Waals surface area contributed by atoms with Crippen LogP contribution in [0.5, 0.6) is 0 Å². The molecule has 1 heterocycles. The molecule has 0 aliphatic rings. The van der Waals surface area contributed by atoms with Gasteiger partial charge in [0.05, 0.1) is 5.92 Å². The molecule has 2 N–H and O–H groups in total. The lowest BCUT2D eigenvalue weighted by Crippen LogP contribution is -2.30. The molecule has 82 valence electrons. The molecule has 2 unspecified atom stereocenters. The quantitative estimate of drug-likeness (QED) is 0.781. The molecule has 5 heteroatoms. The van der Waals surface area contributed by atoms with Crippen molar-refractivity contribution in [3.8, 4) is 0 Å². The van der Waals surface area contributed by atoms with Crippen molar-refractivity contribution in [1.82, 2.24) is 9.97 Å². The van der Waals surface area contributed by atoms with E-state index in [2.05, 4.69) is 15.3 Å². The fourth-order valence-corrected chi connectivity index (χ4v) is 1.06. The summed E-state index contributed by atoms with van der Waals surface area (Å²) in [5, 5.41) is 11.8. The van der Waals surface area contributed by atoms with E-state index in [1.165, 1.54) is 0 Å². The van der Waals surface area contributed by atoms with Crippen molar-refractivity contribution in [1.29, 1.82) is 0 Å². The van der Waals surface area contributed by atoms with E-state index in [4.69, 9.17) is 5.11 Å². The number of anilines is 1. The van der Waals surface area contributed by atoms with Crippen molar-refractivity contribution < 1.29 is 9.90 Å². The van der Waals surface area contributed by atoms with Gasteiger partial charge in [-0.25, -0.2) is 9.97 Å². The Hall–Kier alpha value is -1.65. The number of carbonyl (C=O) groups is 1. The van der Waals surface area contributed by atoms with Crippen LogP contribution in [0.15, 0.2) is 12.3 Å². The molecule has 0 spiro atoms. The Balaban J connectivity index is 2.66. The molecule has 1 rings (SSSR count). The molecule has 0 fully saturated rings. The van der Waals surface area contributed by atoms with Crippen LogP contribution in [0.4, 0.5) is 5.95 Å². The summed E-state index contributed by atoms with van der Waals surface area (Å²) >= 11 is 0. The molecule has 15 heavy (non-hydrogen) atoms. The number of rotatable bonds is 4. The number of aliphatic carboxylic acids is 1. The van der Waals surface area contributed by atoms with Gasteiger partial charge in [-0.3, -0.25) is 4.79 Å². The summed E-state index contributed by atoms with van der Waals surface area (Å²) in [7, 11) is 0. The second-order valence-electron chi connectivity index (χ2n) is 3.58. The minimum atomic E-state index is -0.831. The van der Waals surface area contributed by atoms with E-state index >= 15 is 0 Å². The van der Waals surface area contributed by atoms with Crippen molar-refractivity contribution in [2.24, 2.45) is 5.92 Å². The molecular formula is C10H15N3O2. The van der Waals surface area contributed by atoms with Crippen LogP contribution in [0.3, 0.4) is 0 Å². The number of nitrogens with zero attached hydrogens (tertiary/aromatic N) is 2. The predicted molar refractivity (Wildman–Crippen MR) is 56.7 cm³/mol. The minimum Gasteiger partial charge on any atom is -0.481 e.